The van der Waals surface area contributed by atoms with Crippen molar-refractivity contribution in [3.05, 3.63) is 58.6 Å². The Hall–Kier alpha value is -3.26. The standard InChI is InChI=1S/C29H37ClN4O4/c1-4-15-38-23-13-14-24(25(30)16-23)28(36)34-17-19(2)33(18-21-9-5-8-12-26(21)34)29(37)31-20(3)27(35)32-22-10-6-7-11-22/h5,8-9,12-14,16,19-20,22H,4,6-7,10-11,15,17-18H2,1-3H3,(H,31,37)(H,32,35)/t19-,20+/m0/s1. The smallest absolute Gasteiger partial charge is 0.318 e. The van der Waals surface area contributed by atoms with Crippen LogP contribution in [0.15, 0.2) is 42.5 Å². The van der Waals surface area contributed by atoms with Crippen LogP contribution in [0.4, 0.5) is 10.5 Å². The molecule has 38 heavy (non-hydrogen) atoms. The molecule has 9 heteroatoms. The van der Waals surface area contributed by atoms with Gasteiger partial charge in [-0.15, -0.1) is 0 Å². The molecule has 0 spiro atoms. The van der Waals surface area contributed by atoms with Crippen LogP contribution in [0.5, 0.6) is 5.75 Å². The lowest BCUT2D eigenvalue weighted by molar-refractivity contribution is -0.123. The minimum atomic E-state index is -0.668. The Kier molecular flexibility index (Phi) is 9.15. The van der Waals surface area contributed by atoms with Gasteiger partial charge in [-0.2, -0.15) is 0 Å². The van der Waals surface area contributed by atoms with Crippen molar-refractivity contribution in [2.45, 2.75) is 77.5 Å². The van der Waals surface area contributed by atoms with E-state index in [9.17, 15) is 14.4 Å². The number of hydrogen-bond acceptors (Lipinski definition) is 4. The lowest BCUT2D eigenvalue weighted by atomic mass is 10.1. The van der Waals surface area contributed by atoms with Crippen molar-refractivity contribution in [1.82, 2.24) is 15.5 Å². The second-order valence-corrected chi connectivity index (χ2v) is 10.6. The fourth-order valence-electron chi connectivity index (χ4n) is 5.03. The summed E-state index contributed by atoms with van der Waals surface area (Å²) in [5.74, 6) is 0.195. The molecule has 1 aliphatic carbocycles. The summed E-state index contributed by atoms with van der Waals surface area (Å²) < 4.78 is 5.65. The van der Waals surface area contributed by atoms with Gasteiger partial charge >= 0.3 is 6.03 Å². The van der Waals surface area contributed by atoms with E-state index < -0.39 is 6.04 Å². The number of nitrogens with zero attached hydrogens (tertiary/aromatic N) is 2. The SMILES string of the molecule is CCCOc1ccc(C(=O)N2C[C@H](C)N(C(=O)N[C@H](C)C(=O)NC3CCCC3)Cc3ccccc32)c(Cl)c1. The predicted molar refractivity (Wildman–Crippen MR) is 149 cm³/mol. The first kappa shape index (κ1) is 27.8. The first-order chi connectivity index (χ1) is 18.3. The number of amides is 4. The molecule has 4 rings (SSSR count). The molecule has 0 saturated heterocycles. The average Bonchev–Trinajstić information content (AvgIpc) is 3.36. The normalized spacial score (nSPS) is 18.4. The number of para-hydroxylation sites is 1. The van der Waals surface area contributed by atoms with Gasteiger partial charge in [0, 0.05) is 30.9 Å². The van der Waals surface area contributed by atoms with E-state index in [4.69, 9.17) is 16.3 Å². The van der Waals surface area contributed by atoms with Crippen LogP contribution >= 0.6 is 11.6 Å². The molecule has 8 nitrogen and oxygen atoms in total. The molecule has 204 valence electrons. The number of carbonyl (C=O) groups excluding carboxylic acids is 3. The zero-order valence-corrected chi connectivity index (χ0v) is 23.1. The molecule has 0 aromatic heterocycles. The number of hydrogen-bond donors (Lipinski definition) is 2. The van der Waals surface area contributed by atoms with E-state index in [1.54, 1.807) is 34.9 Å². The average molecular weight is 541 g/mol. The Morgan fingerprint density at radius 1 is 1.13 bits per heavy atom. The summed E-state index contributed by atoms with van der Waals surface area (Å²) in [5.41, 5.74) is 1.93. The highest BCUT2D eigenvalue weighted by Gasteiger charge is 2.33. The molecular formula is C29H37ClN4O4. The summed E-state index contributed by atoms with van der Waals surface area (Å²) in [6.45, 7) is 6.77. The zero-order valence-electron chi connectivity index (χ0n) is 22.3. The van der Waals surface area contributed by atoms with Crippen LogP contribution in [-0.2, 0) is 11.3 Å². The fourth-order valence-corrected chi connectivity index (χ4v) is 5.28. The van der Waals surface area contributed by atoms with Crippen LogP contribution in [-0.4, -0.2) is 54.0 Å². The number of carbonyl (C=O) groups is 3. The molecule has 2 N–H and O–H groups in total. The first-order valence-electron chi connectivity index (χ1n) is 13.5. The quantitative estimate of drug-likeness (QED) is 0.509. The Morgan fingerprint density at radius 2 is 1.87 bits per heavy atom. The molecule has 0 bridgehead atoms. The molecule has 1 saturated carbocycles. The number of urea groups is 1. The van der Waals surface area contributed by atoms with Crippen LogP contribution in [0.1, 0.15) is 68.8 Å². The summed E-state index contributed by atoms with van der Waals surface area (Å²) in [4.78, 5) is 43.1. The van der Waals surface area contributed by atoms with Gasteiger partial charge in [0.25, 0.3) is 5.91 Å². The lowest BCUT2D eigenvalue weighted by Gasteiger charge is -2.30. The fraction of sp³-hybridized carbons (Fsp3) is 0.483. The highest BCUT2D eigenvalue weighted by Crippen LogP contribution is 2.31. The first-order valence-corrected chi connectivity index (χ1v) is 13.9. The van der Waals surface area contributed by atoms with Gasteiger partial charge in [-0.1, -0.05) is 49.6 Å². The topological polar surface area (TPSA) is 91.0 Å². The van der Waals surface area contributed by atoms with Gasteiger partial charge < -0.3 is 25.2 Å². The van der Waals surface area contributed by atoms with E-state index >= 15 is 0 Å². The van der Waals surface area contributed by atoms with Crippen LogP contribution in [0, 0.1) is 0 Å². The van der Waals surface area contributed by atoms with E-state index in [2.05, 4.69) is 10.6 Å². The number of rotatable bonds is 7. The molecular weight excluding hydrogens is 504 g/mol. The van der Waals surface area contributed by atoms with Crippen molar-refractivity contribution in [3.63, 3.8) is 0 Å². The molecule has 2 aliphatic rings. The van der Waals surface area contributed by atoms with Gasteiger partial charge in [0.2, 0.25) is 5.91 Å². The van der Waals surface area contributed by atoms with E-state index in [0.29, 0.717) is 29.5 Å². The van der Waals surface area contributed by atoms with E-state index in [-0.39, 0.29) is 36.5 Å². The maximum absolute atomic E-state index is 13.7. The van der Waals surface area contributed by atoms with Gasteiger partial charge in [0.05, 0.1) is 17.2 Å². The molecule has 0 unspecified atom stereocenters. The largest absolute Gasteiger partial charge is 0.494 e. The maximum Gasteiger partial charge on any atom is 0.318 e. The summed E-state index contributed by atoms with van der Waals surface area (Å²) in [6, 6.07) is 11.5. The molecule has 2 atom stereocenters. The Bertz CT molecular complexity index is 1170. The molecule has 2 aromatic carbocycles. The van der Waals surface area contributed by atoms with Crippen molar-refractivity contribution >= 4 is 35.1 Å². The summed E-state index contributed by atoms with van der Waals surface area (Å²) in [7, 11) is 0. The number of benzene rings is 2. The maximum atomic E-state index is 13.7. The minimum Gasteiger partial charge on any atom is -0.494 e. The molecule has 1 heterocycles. The van der Waals surface area contributed by atoms with E-state index in [1.807, 2.05) is 38.1 Å². The van der Waals surface area contributed by atoms with Crippen LogP contribution in [0.2, 0.25) is 5.02 Å². The predicted octanol–water partition coefficient (Wildman–Crippen LogP) is 5.14. The van der Waals surface area contributed by atoms with Crippen molar-refractivity contribution in [2.75, 3.05) is 18.1 Å². The van der Waals surface area contributed by atoms with Gasteiger partial charge in [0.15, 0.2) is 0 Å². The number of nitrogens with one attached hydrogen (secondary N) is 2. The highest BCUT2D eigenvalue weighted by atomic mass is 35.5. The Morgan fingerprint density at radius 3 is 2.58 bits per heavy atom. The highest BCUT2D eigenvalue weighted by molar-refractivity contribution is 6.34. The van der Waals surface area contributed by atoms with Gasteiger partial charge in [-0.25, -0.2) is 4.79 Å². The molecule has 1 fully saturated rings. The third-order valence-corrected chi connectivity index (χ3v) is 7.50. The Labute approximate surface area is 229 Å². The van der Waals surface area contributed by atoms with Crippen LogP contribution in [0.3, 0.4) is 0 Å². The minimum absolute atomic E-state index is 0.175. The number of fused-ring (bicyclic) bond motifs is 1. The summed E-state index contributed by atoms with van der Waals surface area (Å²) in [5, 5.41) is 6.21. The van der Waals surface area contributed by atoms with Gasteiger partial charge in [-0.05, 0) is 62.9 Å². The number of ether oxygens (including phenoxy) is 1. The zero-order chi connectivity index (χ0) is 27.2. The molecule has 0 radical (unpaired) electrons. The molecule has 2 aromatic rings. The van der Waals surface area contributed by atoms with Crippen molar-refractivity contribution < 1.29 is 19.1 Å². The van der Waals surface area contributed by atoms with Gasteiger partial charge in [-0.3, -0.25) is 9.59 Å². The van der Waals surface area contributed by atoms with Crippen molar-refractivity contribution in [2.24, 2.45) is 0 Å². The van der Waals surface area contributed by atoms with E-state index in [0.717, 1.165) is 43.4 Å². The van der Waals surface area contributed by atoms with Crippen molar-refractivity contribution in [3.8, 4) is 5.75 Å². The summed E-state index contributed by atoms with van der Waals surface area (Å²) >= 11 is 6.51. The molecule has 4 amide bonds. The third-order valence-electron chi connectivity index (χ3n) is 7.19. The summed E-state index contributed by atoms with van der Waals surface area (Å²) in [6.07, 6.45) is 5.07. The number of halogens is 1. The monoisotopic (exact) mass is 540 g/mol. The van der Waals surface area contributed by atoms with Crippen LogP contribution < -0.4 is 20.3 Å². The molecule has 1 aliphatic heterocycles. The lowest BCUT2D eigenvalue weighted by Crippen LogP contribution is -2.54. The van der Waals surface area contributed by atoms with Gasteiger partial charge in [0.1, 0.15) is 11.8 Å². The second kappa shape index (κ2) is 12.5. The van der Waals surface area contributed by atoms with Crippen LogP contribution in [0.25, 0.3) is 0 Å². The number of anilines is 1. The van der Waals surface area contributed by atoms with E-state index in [1.165, 1.54) is 0 Å². The second-order valence-electron chi connectivity index (χ2n) is 10.2. The third kappa shape index (κ3) is 6.41. The van der Waals surface area contributed by atoms with Crippen molar-refractivity contribution in [1.29, 1.82) is 0 Å². The Balaban J connectivity index is 1.51.